The van der Waals surface area contributed by atoms with Gasteiger partial charge in [0.1, 0.15) is 11.6 Å². The number of hydrogen-bond donors (Lipinski definition) is 1. The van der Waals surface area contributed by atoms with Crippen LogP contribution in [0.2, 0.25) is 0 Å². The van der Waals surface area contributed by atoms with Crippen LogP contribution in [0.5, 0.6) is 0 Å². The minimum absolute atomic E-state index is 0.0241. The van der Waals surface area contributed by atoms with Crippen molar-refractivity contribution in [2.75, 3.05) is 0 Å². The molecule has 112 valence electrons. The lowest BCUT2D eigenvalue weighted by Crippen LogP contribution is -2.33. The fourth-order valence-corrected chi connectivity index (χ4v) is 3.38. The summed E-state index contributed by atoms with van der Waals surface area (Å²) in [7, 11) is 0. The topological polar surface area (TPSA) is 102 Å². The summed E-state index contributed by atoms with van der Waals surface area (Å²) in [5.41, 5.74) is 7.68. The summed E-state index contributed by atoms with van der Waals surface area (Å²) in [6, 6.07) is 10.9. The number of nitriles is 1. The standard InChI is InChI=1S/C17H12N4O2/c18-8-11-15(19)14-13-10(16(11)22)6-7-12(13)20-21(17(14)23)9-4-2-1-3-5-9/h1-5,10H,6-7,19H2. The number of carbonyl (C=O) groups excluding carboxylic acids is 1. The van der Waals surface area contributed by atoms with Crippen LogP contribution < -0.4 is 11.3 Å². The number of aromatic nitrogens is 2. The second-order valence-corrected chi connectivity index (χ2v) is 5.64. The first-order valence-electron chi connectivity index (χ1n) is 7.29. The molecule has 6 nitrogen and oxygen atoms in total. The van der Waals surface area contributed by atoms with Crippen LogP contribution in [-0.2, 0) is 11.2 Å². The van der Waals surface area contributed by atoms with E-state index in [9.17, 15) is 14.9 Å². The second-order valence-electron chi connectivity index (χ2n) is 5.64. The molecule has 0 saturated heterocycles. The molecule has 2 aliphatic rings. The van der Waals surface area contributed by atoms with Crippen molar-refractivity contribution >= 4 is 11.5 Å². The van der Waals surface area contributed by atoms with Crippen molar-refractivity contribution in [1.29, 1.82) is 5.26 Å². The maximum Gasteiger partial charge on any atom is 0.281 e. The van der Waals surface area contributed by atoms with Crippen LogP contribution in [0.15, 0.2) is 40.7 Å². The number of nitrogens with two attached hydrogens (primary N) is 1. The van der Waals surface area contributed by atoms with Crippen LogP contribution in [0, 0.1) is 11.3 Å². The van der Waals surface area contributed by atoms with Gasteiger partial charge in [0.2, 0.25) is 0 Å². The molecule has 0 amide bonds. The van der Waals surface area contributed by atoms with E-state index in [4.69, 9.17) is 5.73 Å². The number of allylic oxidation sites excluding steroid dienone is 1. The summed E-state index contributed by atoms with van der Waals surface area (Å²) in [6.45, 7) is 0. The highest BCUT2D eigenvalue weighted by molar-refractivity contribution is 6.12. The number of benzene rings is 1. The van der Waals surface area contributed by atoms with Gasteiger partial charge in [-0.25, -0.2) is 0 Å². The average Bonchev–Trinajstić information content (AvgIpc) is 2.98. The Morgan fingerprint density at radius 2 is 2.00 bits per heavy atom. The van der Waals surface area contributed by atoms with E-state index in [1.54, 1.807) is 12.1 Å². The lowest BCUT2D eigenvalue weighted by molar-refractivity contribution is -0.116. The van der Waals surface area contributed by atoms with Crippen LogP contribution in [0.3, 0.4) is 0 Å². The summed E-state index contributed by atoms with van der Waals surface area (Å²) < 4.78 is 1.30. The van der Waals surface area contributed by atoms with E-state index >= 15 is 0 Å². The highest BCUT2D eigenvalue weighted by atomic mass is 16.1. The number of ketones is 1. The van der Waals surface area contributed by atoms with Crippen LogP contribution in [0.1, 0.15) is 29.2 Å². The van der Waals surface area contributed by atoms with E-state index in [0.717, 1.165) is 0 Å². The number of Topliss-reactive ketones (excluding diaryl/α,β-unsaturated/α-hetero) is 1. The van der Waals surface area contributed by atoms with E-state index in [-0.39, 0.29) is 28.2 Å². The number of rotatable bonds is 1. The largest absolute Gasteiger partial charge is 0.397 e. The predicted molar refractivity (Wildman–Crippen MR) is 82.6 cm³/mol. The summed E-state index contributed by atoms with van der Waals surface area (Å²) in [4.78, 5) is 25.2. The molecule has 0 saturated carbocycles. The molecule has 1 aromatic carbocycles. The Bertz CT molecular complexity index is 980. The third kappa shape index (κ3) is 1.70. The highest BCUT2D eigenvalue weighted by Gasteiger charge is 2.41. The molecule has 2 aromatic rings. The molecule has 0 radical (unpaired) electrons. The van der Waals surface area contributed by atoms with Crippen molar-refractivity contribution in [2.45, 2.75) is 18.8 Å². The summed E-state index contributed by atoms with van der Waals surface area (Å²) >= 11 is 0. The smallest absolute Gasteiger partial charge is 0.281 e. The van der Waals surface area contributed by atoms with Crippen LogP contribution in [-0.4, -0.2) is 15.6 Å². The minimum Gasteiger partial charge on any atom is -0.397 e. The quantitative estimate of drug-likeness (QED) is 0.848. The maximum atomic E-state index is 12.9. The SMILES string of the molecule is N#CC1=C(N)c2c3c(nn(-c4ccccc4)c2=O)CCC3C1=O. The van der Waals surface area contributed by atoms with Gasteiger partial charge in [-0.1, -0.05) is 18.2 Å². The Morgan fingerprint density at radius 3 is 2.70 bits per heavy atom. The number of hydrogen-bond acceptors (Lipinski definition) is 5. The Balaban J connectivity index is 2.09. The van der Waals surface area contributed by atoms with Crippen LogP contribution in [0.25, 0.3) is 11.4 Å². The van der Waals surface area contributed by atoms with Gasteiger partial charge >= 0.3 is 0 Å². The van der Waals surface area contributed by atoms with Crippen molar-refractivity contribution in [1.82, 2.24) is 9.78 Å². The molecule has 0 aliphatic heterocycles. The first-order valence-corrected chi connectivity index (χ1v) is 7.29. The van der Waals surface area contributed by atoms with Crippen molar-refractivity contribution in [3.63, 3.8) is 0 Å². The molecule has 0 bridgehead atoms. The Morgan fingerprint density at radius 1 is 1.26 bits per heavy atom. The zero-order valence-electron chi connectivity index (χ0n) is 12.1. The van der Waals surface area contributed by atoms with Crippen molar-refractivity contribution in [3.8, 4) is 11.8 Å². The van der Waals surface area contributed by atoms with Gasteiger partial charge in [-0.2, -0.15) is 15.0 Å². The summed E-state index contributed by atoms with van der Waals surface area (Å²) in [5, 5.41) is 13.7. The first kappa shape index (κ1) is 13.5. The van der Waals surface area contributed by atoms with Gasteiger partial charge in [-0.3, -0.25) is 9.59 Å². The molecule has 23 heavy (non-hydrogen) atoms. The molecule has 1 unspecified atom stereocenters. The molecule has 0 spiro atoms. The molecule has 1 aromatic heterocycles. The highest BCUT2D eigenvalue weighted by Crippen LogP contribution is 2.41. The van der Waals surface area contributed by atoms with Crippen LogP contribution >= 0.6 is 0 Å². The third-order valence-electron chi connectivity index (χ3n) is 4.44. The van der Waals surface area contributed by atoms with E-state index in [1.807, 2.05) is 24.3 Å². The molecule has 4 rings (SSSR count). The lowest BCUT2D eigenvalue weighted by atomic mass is 9.83. The van der Waals surface area contributed by atoms with Crippen LogP contribution in [0.4, 0.5) is 0 Å². The molecular weight excluding hydrogens is 292 g/mol. The molecule has 2 aliphatic carbocycles. The molecular formula is C17H12N4O2. The number of para-hydroxylation sites is 1. The number of carbonyl (C=O) groups is 1. The minimum atomic E-state index is -0.465. The van der Waals surface area contributed by atoms with E-state index in [0.29, 0.717) is 29.8 Å². The fourth-order valence-electron chi connectivity index (χ4n) is 3.38. The molecule has 6 heteroatoms. The van der Waals surface area contributed by atoms with Gasteiger partial charge in [0.15, 0.2) is 5.78 Å². The molecule has 2 N–H and O–H groups in total. The normalized spacial score (nSPS) is 18.7. The summed E-state index contributed by atoms with van der Waals surface area (Å²) in [5.74, 6) is -0.762. The second kappa shape index (κ2) is 4.65. The van der Waals surface area contributed by atoms with E-state index in [1.165, 1.54) is 4.68 Å². The predicted octanol–water partition coefficient (Wildman–Crippen LogP) is 1.04. The Kier molecular flexibility index (Phi) is 2.72. The van der Waals surface area contributed by atoms with Gasteiger partial charge < -0.3 is 5.73 Å². The monoisotopic (exact) mass is 304 g/mol. The fraction of sp³-hybridized carbons (Fsp3) is 0.176. The average molecular weight is 304 g/mol. The zero-order valence-corrected chi connectivity index (χ0v) is 12.1. The van der Waals surface area contributed by atoms with Gasteiger partial charge in [0.25, 0.3) is 5.56 Å². The van der Waals surface area contributed by atoms with Gasteiger partial charge in [0.05, 0.1) is 28.6 Å². The first-order chi connectivity index (χ1) is 11.1. The number of aryl methyl sites for hydroxylation is 1. The Labute approximate surface area is 131 Å². The third-order valence-corrected chi connectivity index (χ3v) is 4.44. The van der Waals surface area contributed by atoms with Crippen molar-refractivity contribution < 1.29 is 4.79 Å². The Hall–Kier alpha value is -3.20. The summed E-state index contributed by atoms with van der Waals surface area (Å²) in [6.07, 6.45) is 1.16. The zero-order chi connectivity index (χ0) is 16.1. The van der Waals surface area contributed by atoms with Gasteiger partial charge in [-0.15, -0.1) is 0 Å². The van der Waals surface area contributed by atoms with E-state index < -0.39 is 5.92 Å². The van der Waals surface area contributed by atoms with E-state index in [2.05, 4.69) is 5.10 Å². The van der Waals surface area contributed by atoms with Crippen molar-refractivity contribution in [3.05, 3.63) is 63.1 Å². The van der Waals surface area contributed by atoms with Gasteiger partial charge in [-0.05, 0) is 25.0 Å². The molecule has 1 heterocycles. The van der Waals surface area contributed by atoms with Gasteiger partial charge in [0, 0.05) is 5.56 Å². The maximum absolute atomic E-state index is 12.9. The molecule has 0 fully saturated rings. The number of nitrogens with zero attached hydrogens (tertiary/aromatic N) is 3. The molecule has 1 atom stereocenters. The lowest BCUT2D eigenvalue weighted by Gasteiger charge is -2.21. The van der Waals surface area contributed by atoms with Crippen molar-refractivity contribution in [2.24, 2.45) is 5.73 Å².